The second-order valence-electron chi connectivity index (χ2n) is 3.31. The quantitative estimate of drug-likeness (QED) is 0.765. The highest BCUT2D eigenvalue weighted by Crippen LogP contribution is 2.07. The largest absolute Gasteiger partial charge is 0.368 e. The maximum absolute atomic E-state index is 6.06. The number of nitrogens with zero attached hydrogens (tertiary/aromatic N) is 2. The van der Waals surface area contributed by atoms with E-state index in [0.29, 0.717) is 0 Å². The number of hydrogen-bond donors (Lipinski definition) is 1. The Kier molecular flexibility index (Phi) is 4.66. The van der Waals surface area contributed by atoms with E-state index in [1.807, 2.05) is 13.0 Å². The van der Waals surface area contributed by atoms with Crippen molar-refractivity contribution >= 4 is 17.4 Å². The summed E-state index contributed by atoms with van der Waals surface area (Å²) in [5.74, 6) is 0.847. The van der Waals surface area contributed by atoms with Gasteiger partial charge in [0.25, 0.3) is 0 Å². The fourth-order valence-corrected chi connectivity index (χ4v) is 1.48. The van der Waals surface area contributed by atoms with Crippen LogP contribution in [0, 0.1) is 6.92 Å². The van der Waals surface area contributed by atoms with Gasteiger partial charge in [-0.15, -0.1) is 11.6 Å². The Labute approximate surface area is 89.9 Å². The molecule has 0 aromatic carbocycles. The molecule has 0 saturated heterocycles. The molecule has 0 aliphatic carbocycles. The van der Waals surface area contributed by atoms with Gasteiger partial charge >= 0.3 is 0 Å². The third-order valence-electron chi connectivity index (χ3n) is 1.91. The molecule has 0 aliphatic rings. The van der Waals surface area contributed by atoms with E-state index >= 15 is 0 Å². The molecule has 78 valence electrons. The highest BCUT2D eigenvalue weighted by atomic mass is 35.5. The molecule has 1 unspecified atom stereocenters. The van der Waals surface area contributed by atoms with Crippen molar-refractivity contribution in [1.82, 2.24) is 9.97 Å². The van der Waals surface area contributed by atoms with Gasteiger partial charge in [0, 0.05) is 18.3 Å². The Hall–Kier alpha value is -0.830. The second-order valence-corrected chi connectivity index (χ2v) is 3.93. The van der Waals surface area contributed by atoms with Gasteiger partial charge in [0.05, 0.1) is 5.38 Å². The van der Waals surface area contributed by atoms with E-state index in [1.54, 1.807) is 6.33 Å². The summed E-state index contributed by atoms with van der Waals surface area (Å²) in [6.07, 6.45) is 3.69. The van der Waals surface area contributed by atoms with Crippen LogP contribution >= 0.6 is 11.6 Å². The van der Waals surface area contributed by atoms with Crippen LogP contribution in [0.5, 0.6) is 0 Å². The monoisotopic (exact) mass is 213 g/mol. The van der Waals surface area contributed by atoms with E-state index in [2.05, 4.69) is 22.2 Å². The normalized spacial score (nSPS) is 12.5. The van der Waals surface area contributed by atoms with Gasteiger partial charge in [-0.25, -0.2) is 9.97 Å². The summed E-state index contributed by atoms with van der Waals surface area (Å²) in [5, 5.41) is 3.36. The van der Waals surface area contributed by atoms with Gasteiger partial charge in [-0.2, -0.15) is 0 Å². The molecule has 14 heavy (non-hydrogen) atoms. The highest BCUT2D eigenvalue weighted by molar-refractivity contribution is 6.20. The number of halogens is 1. The average molecular weight is 214 g/mol. The second kappa shape index (κ2) is 5.81. The van der Waals surface area contributed by atoms with Crippen LogP contribution < -0.4 is 5.32 Å². The molecule has 0 fully saturated rings. The van der Waals surface area contributed by atoms with Crippen LogP contribution in [-0.4, -0.2) is 21.9 Å². The fourth-order valence-electron chi connectivity index (χ4n) is 1.18. The van der Waals surface area contributed by atoms with Crippen LogP contribution in [0.2, 0.25) is 0 Å². The maximum atomic E-state index is 6.06. The van der Waals surface area contributed by atoms with Crippen molar-refractivity contribution in [2.75, 3.05) is 11.9 Å². The van der Waals surface area contributed by atoms with Crippen LogP contribution in [0.1, 0.15) is 25.5 Å². The number of aromatic nitrogens is 2. The summed E-state index contributed by atoms with van der Waals surface area (Å²) >= 11 is 6.06. The van der Waals surface area contributed by atoms with Gasteiger partial charge in [0.1, 0.15) is 12.1 Å². The third-order valence-corrected chi connectivity index (χ3v) is 2.28. The van der Waals surface area contributed by atoms with Gasteiger partial charge in [0.2, 0.25) is 0 Å². The van der Waals surface area contributed by atoms with Crippen LogP contribution in [0.25, 0.3) is 0 Å². The number of anilines is 1. The molecule has 1 rings (SSSR count). The molecule has 0 radical (unpaired) electrons. The lowest BCUT2D eigenvalue weighted by Crippen LogP contribution is -2.14. The van der Waals surface area contributed by atoms with Crippen molar-refractivity contribution in [3.63, 3.8) is 0 Å². The van der Waals surface area contributed by atoms with Crippen molar-refractivity contribution in [2.45, 2.75) is 32.1 Å². The van der Waals surface area contributed by atoms with Crippen molar-refractivity contribution in [1.29, 1.82) is 0 Å². The average Bonchev–Trinajstić information content (AvgIpc) is 2.15. The van der Waals surface area contributed by atoms with Crippen molar-refractivity contribution in [3.8, 4) is 0 Å². The molecule has 1 atom stereocenters. The minimum Gasteiger partial charge on any atom is -0.368 e. The zero-order valence-electron chi connectivity index (χ0n) is 8.63. The summed E-state index contributed by atoms with van der Waals surface area (Å²) in [6.45, 7) is 4.83. The Morgan fingerprint density at radius 3 is 2.93 bits per heavy atom. The first-order chi connectivity index (χ1) is 6.72. The minimum atomic E-state index is 0.176. The van der Waals surface area contributed by atoms with E-state index < -0.39 is 0 Å². The first-order valence-corrected chi connectivity index (χ1v) is 5.32. The molecule has 1 N–H and O–H groups in total. The number of alkyl halides is 1. The number of nitrogens with one attached hydrogen (secondary N) is 1. The van der Waals surface area contributed by atoms with E-state index in [-0.39, 0.29) is 5.38 Å². The fraction of sp³-hybridized carbons (Fsp3) is 0.600. The first-order valence-electron chi connectivity index (χ1n) is 4.89. The van der Waals surface area contributed by atoms with E-state index in [4.69, 9.17) is 11.6 Å². The van der Waals surface area contributed by atoms with Crippen molar-refractivity contribution in [2.24, 2.45) is 0 Å². The van der Waals surface area contributed by atoms with Crippen molar-refractivity contribution in [3.05, 3.63) is 18.1 Å². The summed E-state index contributed by atoms with van der Waals surface area (Å²) in [5.41, 5.74) is 0.962. The van der Waals surface area contributed by atoms with Crippen molar-refractivity contribution < 1.29 is 0 Å². The molecule has 0 saturated carbocycles. The predicted octanol–water partition coefficient (Wildman–Crippen LogP) is 2.60. The van der Waals surface area contributed by atoms with Crippen LogP contribution in [0.4, 0.5) is 5.82 Å². The van der Waals surface area contributed by atoms with Gasteiger partial charge in [-0.1, -0.05) is 13.3 Å². The van der Waals surface area contributed by atoms with Crippen LogP contribution in [-0.2, 0) is 0 Å². The highest BCUT2D eigenvalue weighted by Gasteiger charge is 2.02. The molecular weight excluding hydrogens is 198 g/mol. The van der Waals surface area contributed by atoms with Gasteiger partial charge in [0.15, 0.2) is 0 Å². The molecule has 1 aromatic rings. The maximum Gasteiger partial charge on any atom is 0.129 e. The lowest BCUT2D eigenvalue weighted by atomic mass is 10.2. The summed E-state index contributed by atoms with van der Waals surface area (Å²) in [7, 11) is 0. The number of aryl methyl sites for hydroxylation is 1. The molecule has 1 aromatic heterocycles. The Morgan fingerprint density at radius 1 is 1.50 bits per heavy atom. The molecular formula is C10H16ClN3. The topological polar surface area (TPSA) is 37.8 Å². The summed E-state index contributed by atoms with van der Waals surface area (Å²) in [6, 6.07) is 1.91. The van der Waals surface area contributed by atoms with E-state index in [9.17, 15) is 0 Å². The molecule has 3 nitrogen and oxygen atoms in total. The van der Waals surface area contributed by atoms with Gasteiger partial charge < -0.3 is 5.32 Å². The summed E-state index contributed by atoms with van der Waals surface area (Å²) in [4.78, 5) is 8.11. The standard InChI is InChI=1S/C10H16ClN3/c1-3-4-9(11)6-12-10-5-8(2)13-7-14-10/h5,7,9H,3-4,6H2,1-2H3,(H,12,13,14). The molecule has 0 aliphatic heterocycles. The van der Waals surface area contributed by atoms with E-state index in [0.717, 1.165) is 30.9 Å². The van der Waals surface area contributed by atoms with Crippen LogP contribution in [0.3, 0.4) is 0 Å². The molecule has 4 heteroatoms. The molecule has 1 heterocycles. The smallest absolute Gasteiger partial charge is 0.129 e. The number of hydrogen-bond acceptors (Lipinski definition) is 3. The molecule has 0 bridgehead atoms. The summed E-state index contributed by atoms with van der Waals surface area (Å²) < 4.78 is 0. The van der Waals surface area contributed by atoms with E-state index in [1.165, 1.54) is 0 Å². The minimum absolute atomic E-state index is 0.176. The lowest BCUT2D eigenvalue weighted by molar-refractivity contribution is 0.750. The zero-order chi connectivity index (χ0) is 10.4. The Balaban J connectivity index is 2.37. The van der Waals surface area contributed by atoms with Gasteiger partial charge in [-0.3, -0.25) is 0 Å². The Morgan fingerprint density at radius 2 is 2.29 bits per heavy atom. The predicted molar refractivity (Wildman–Crippen MR) is 59.8 cm³/mol. The first kappa shape index (κ1) is 11.2. The third kappa shape index (κ3) is 3.92. The Bertz CT molecular complexity index is 278. The zero-order valence-corrected chi connectivity index (χ0v) is 9.38. The van der Waals surface area contributed by atoms with Crippen LogP contribution in [0.15, 0.2) is 12.4 Å². The molecule has 0 spiro atoms. The molecule has 0 amide bonds. The van der Waals surface area contributed by atoms with Gasteiger partial charge in [-0.05, 0) is 13.3 Å². The number of rotatable bonds is 5. The lowest BCUT2D eigenvalue weighted by Gasteiger charge is -2.09. The SMILES string of the molecule is CCCC(Cl)CNc1cc(C)ncn1.